The first-order valence-electron chi connectivity index (χ1n) is 8.02. The summed E-state index contributed by atoms with van der Waals surface area (Å²) in [7, 11) is 0. The molecular weight excluding hydrogens is 320 g/mol. The highest BCUT2D eigenvalue weighted by Gasteiger charge is 2.19. The van der Waals surface area contributed by atoms with E-state index in [1.807, 2.05) is 6.92 Å². The van der Waals surface area contributed by atoms with Crippen LogP contribution in [0.4, 0.5) is 0 Å². The van der Waals surface area contributed by atoms with E-state index in [0.717, 1.165) is 0 Å². The summed E-state index contributed by atoms with van der Waals surface area (Å²) in [6.07, 6.45) is -0.709. The summed E-state index contributed by atoms with van der Waals surface area (Å²) in [5, 5.41) is 0.492. The summed E-state index contributed by atoms with van der Waals surface area (Å²) in [5.74, 6) is 0.223. The number of nitrogens with one attached hydrogen (secondary N) is 1. The molecule has 6 heteroatoms. The van der Waals surface area contributed by atoms with E-state index in [4.69, 9.17) is 9.47 Å². The van der Waals surface area contributed by atoms with Gasteiger partial charge in [0.25, 0.3) is 5.56 Å². The van der Waals surface area contributed by atoms with Gasteiger partial charge in [0.15, 0.2) is 11.9 Å². The van der Waals surface area contributed by atoms with Crippen LogP contribution in [-0.4, -0.2) is 22.5 Å². The van der Waals surface area contributed by atoms with Gasteiger partial charge in [-0.25, -0.2) is 9.78 Å². The van der Waals surface area contributed by atoms with Gasteiger partial charge >= 0.3 is 5.97 Å². The predicted molar refractivity (Wildman–Crippen MR) is 93.8 cm³/mol. The number of carbonyl (C=O) groups is 1. The molecule has 0 bridgehead atoms. The van der Waals surface area contributed by atoms with Gasteiger partial charge in [0.1, 0.15) is 11.3 Å². The molecule has 0 spiro atoms. The third-order valence-corrected chi connectivity index (χ3v) is 3.71. The van der Waals surface area contributed by atoms with Crippen molar-refractivity contribution in [1.29, 1.82) is 0 Å². The maximum absolute atomic E-state index is 12.5. The Morgan fingerprint density at radius 2 is 1.88 bits per heavy atom. The number of aromatic nitrogens is 2. The van der Waals surface area contributed by atoms with Crippen molar-refractivity contribution >= 4 is 16.9 Å². The van der Waals surface area contributed by atoms with Gasteiger partial charge in [-0.15, -0.1) is 0 Å². The number of hydrogen-bond acceptors (Lipinski definition) is 5. The van der Waals surface area contributed by atoms with Crippen LogP contribution >= 0.6 is 0 Å². The highest BCUT2D eigenvalue weighted by atomic mass is 16.5. The molecular formula is C19H18N2O4. The zero-order valence-corrected chi connectivity index (χ0v) is 14.0. The lowest BCUT2D eigenvalue weighted by atomic mass is 10.2. The van der Waals surface area contributed by atoms with Gasteiger partial charge in [-0.2, -0.15) is 0 Å². The molecule has 0 radical (unpaired) electrons. The molecule has 0 aliphatic heterocycles. The third-order valence-electron chi connectivity index (χ3n) is 3.71. The van der Waals surface area contributed by atoms with Crippen LogP contribution in [0.2, 0.25) is 0 Å². The second-order valence-corrected chi connectivity index (χ2v) is 5.45. The van der Waals surface area contributed by atoms with Gasteiger partial charge < -0.3 is 14.5 Å². The topological polar surface area (TPSA) is 81.3 Å². The number of rotatable bonds is 5. The first kappa shape index (κ1) is 16.7. The molecule has 25 heavy (non-hydrogen) atoms. The molecule has 1 N–H and O–H groups in total. The Morgan fingerprint density at radius 1 is 1.16 bits per heavy atom. The van der Waals surface area contributed by atoms with E-state index >= 15 is 0 Å². The molecule has 2 aromatic carbocycles. The van der Waals surface area contributed by atoms with Gasteiger partial charge in [0, 0.05) is 0 Å². The van der Waals surface area contributed by atoms with Crippen LogP contribution < -0.4 is 10.3 Å². The maximum atomic E-state index is 12.5. The Labute approximate surface area is 144 Å². The van der Waals surface area contributed by atoms with Gasteiger partial charge in [-0.3, -0.25) is 4.79 Å². The molecule has 0 fully saturated rings. The number of H-pyrrole nitrogens is 1. The lowest BCUT2D eigenvalue weighted by Gasteiger charge is -2.15. The minimum Gasteiger partial charge on any atom is -0.493 e. The van der Waals surface area contributed by atoms with Crippen LogP contribution in [-0.2, 0) is 4.74 Å². The molecule has 0 saturated carbocycles. The van der Waals surface area contributed by atoms with Crippen molar-refractivity contribution in [2.75, 3.05) is 6.61 Å². The highest BCUT2D eigenvalue weighted by molar-refractivity contribution is 5.92. The predicted octanol–water partition coefficient (Wildman–Crippen LogP) is 3.24. The highest BCUT2D eigenvalue weighted by Crippen LogP contribution is 2.22. The lowest BCUT2D eigenvalue weighted by molar-refractivity contribution is 0.0316. The second-order valence-electron chi connectivity index (χ2n) is 5.45. The second kappa shape index (κ2) is 7.17. The Balaban J connectivity index is 1.86. The van der Waals surface area contributed by atoms with Crippen LogP contribution in [0.25, 0.3) is 10.9 Å². The molecule has 3 aromatic rings. The van der Waals surface area contributed by atoms with Gasteiger partial charge in [0.05, 0.1) is 17.5 Å². The summed E-state index contributed by atoms with van der Waals surface area (Å²) in [5.41, 5.74) is 0.622. The van der Waals surface area contributed by atoms with Crippen molar-refractivity contribution in [3.05, 3.63) is 70.3 Å². The Hall–Kier alpha value is -3.15. The fourth-order valence-corrected chi connectivity index (χ4v) is 2.49. The van der Waals surface area contributed by atoms with Crippen LogP contribution in [0.1, 0.15) is 36.1 Å². The molecule has 0 aliphatic carbocycles. The Morgan fingerprint density at radius 3 is 2.68 bits per heavy atom. The molecule has 0 amide bonds. The number of esters is 1. The van der Waals surface area contributed by atoms with E-state index in [2.05, 4.69) is 9.97 Å². The van der Waals surface area contributed by atoms with E-state index in [-0.39, 0.29) is 5.56 Å². The van der Waals surface area contributed by atoms with E-state index < -0.39 is 12.1 Å². The lowest BCUT2D eigenvalue weighted by Crippen LogP contribution is -2.17. The van der Waals surface area contributed by atoms with Crippen LogP contribution in [0.3, 0.4) is 0 Å². The fourth-order valence-electron chi connectivity index (χ4n) is 2.49. The third kappa shape index (κ3) is 3.52. The molecule has 3 rings (SSSR count). The number of carbonyl (C=O) groups excluding carboxylic acids is 1. The van der Waals surface area contributed by atoms with E-state index in [9.17, 15) is 9.59 Å². The van der Waals surface area contributed by atoms with Crippen molar-refractivity contribution < 1.29 is 14.3 Å². The average Bonchev–Trinajstić information content (AvgIpc) is 2.62. The van der Waals surface area contributed by atoms with Crippen LogP contribution in [0.15, 0.2) is 53.3 Å². The molecule has 0 saturated heterocycles. The maximum Gasteiger partial charge on any atom is 0.342 e. The van der Waals surface area contributed by atoms with Crippen molar-refractivity contribution in [1.82, 2.24) is 9.97 Å². The summed E-state index contributed by atoms with van der Waals surface area (Å²) in [6, 6.07) is 13.9. The fraction of sp³-hybridized carbons (Fsp3) is 0.211. The number of ether oxygens (including phenoxy) is 2. The van der Waals surface area contributed by atoms with Crippen LogP contribution in [0, 0.1) is 0 Å². The van der Waals surface area contributed by atoms with Gasteiger partial charge in [-0.1, -0.05) is 24.3 Å². The standard InChI is InChI=1S/C19H18N2O4/c1-3-24-16-11-7-5-9-14(16)19(23)25-12(2)17-20-15-10-6-4-8-13(15)18(22)21-17/h4-12H,3H2,1-2H3,(H,20,21,22)/t12-/m0/s1. The first-order chi connectivity index (χ1) is 12.1. The number of aromatic amines is 1. The summed E-state index contributed by atoms with van der Waals surface area (Å²) in [4.78, 5) is 31.6. The van der Waals surface area contributed by atoms with Crippen LogP contribution in [0.5, 0.6) is 5.75 Å². The van der Waals surface area contributed by atoms with Gasteiger partial charge in [-0.05, 0) is 38.1 Å². The number of benzene rings is 2. The summed E-state index contributed by atoms with van der Waals surface area (Å²) < 4.78 is 10.9. The largest absolute Gasteiger partial charge is 0.493 e. The molecule has 128 valence electrons. The summed E-state index contributed by atoms with van der Waals surface area (Å²) >= 11 is 0. The molecule has 1 atom stereocenters. The Bertz CT molecular complexity index is 965. The molecule has 0 unspecified atom stereocenters. The molecule has 0 aliphatic rings. The van der Waals surface area contributed by atoms with Crippen molar-refractivity contribution in [3.8, 4) is 5.75 Å². The quantitative estimate of drug-likeness (QED) is 0.722. The number of fused-ring (bicyclic) bond motifs is 1. The molecule has 6 nitrogen and oxygen atoms in total. The minimum atomic E-state index is -0.709. The number of hydrogen-bond donors (Lipinski definition) is 1. The van der Waals surface area contributed by atoms with E-state index in [0.29, 0.717) is 34.6 Å². The number of para-hydroxylation sites is 2. The van der Waals surface area contributed by atoms with Crippen molar-refractivity contribution in [2.24, 2.45) is 0 Å². The normalized spacial score (nSPS) is 11.9. The van der Waals surface area contributed by atoms with E-state index in [1.165, 1.54) is 0 Å². The molecule has 1 aromatic heterocycles. The summed E-state index contributed by atoms with van der Waals surface area (Å²) in [6.45, 7) is 3.95. The van der Waals surface area contributed by atoms with Crippen molar-refractivity contribution in [3.63, 3.8) is 0 Å². The monoisotopic (exact) mass is 338 g/mol. The van der Waals surface area contributed by atoms with Gasteiger partial charge in [0.2, 0.25) is 0 Å². The SMILES string of the molecule is CCOc1ccccc1C(=O)O[C@@H](C)c1nc2ccccc2c(=O)[nH]1. The smallest absolute Gasteiger partial charge is 0.342 e. The first-order valence-corrected chi connectivity index (χ1v) is 8.02. The average molecular weight is 338 g/mol. The zero-order valence-electron chi connectivity index (χ0n) is 14.0. The minimum absolute atomic E-state index is 0.266. The zero-order chi connectivity index (χ0) is 17.8. The van der Waals surface area contributed by atoms with E-state index in [1.54, 1.807) is 55.5 Å². The molecule has 1 heterocycles. The number of nitrogens with zero attached hydrogens (tertiary/aromatic N) is 1. The Kier molecular flexibility index (Phi) is 4.79. The van der Waals surface area contributed by atoms with Crippen molar-refractivity contribution in [2.45, 2.75) is 20.0 Å².